The van der Waals surface area contributed by atoms with Gasteiger partial charge in [0.05, 0.1) is 11.4 Å². The van der Waals surface area contributed by atoms with Gasteiger partial charge in [0.1, 0.15) is 11.5 Å². The molecule has 0 saturated heterocycles. The van der Waals surface area contributed by atoms with Gasteiger partial charge >= 0.3 is 0 Å². The Hall–Kier alpha value is -6.32. The molecule has 0 spiro atoms. The Morgan fingerprint density at radius 2 is 0.915 bits per heavy atom. The molecule has 47 heavy (non-hydrogen) atoms. The van der Waals surface area contributed by atoms with Crippen molar-refractivity contribution in [2.45, 2.75) is 0 Å². The molecule has 0 saturated carbocycles. The summed E-state index contributed by atoms with van der Waals surface area (Å²) in [4.78, 5) is 10.3. The fraction of sp³-hybridized carbons (Fsp3) is 0. The highest BCUT2D eigenvalue weighted by molar-refractivity contribution is 6.04. The van der Waals surface area contributed by atoms with Gasteiger partial charge in [-0.25, -0.2) is 9.97 Å². The molecule has 0 bridgehead atoms. The summed E-state index contributed by atoms with van der Waals surface area (Å²) in [7, 11) is 0. The summed E-state index contributed by atoms with van der Waals surface area (Å²) in [5, 5.41) is 2.33. The highest BCUT2D eigenvalue weighted by Crippen LogP contribution is 2.47. The largest absolute Gasteiger partial charge is 0.456 e. The number of rotatable bonds is 5. The van der Waals surface area contributed by atoms with E-state index in [2.05, 4.69) is 140 Å². The molecule has 3 nitrogen and oxygen atoms in total. The van der Waals surface area contributed by atoms with Crippen molar-refractivity contribution in [3.8, 4) is 78.8 Å². The van der Waals surface area contributed by atoms with Gasteiger partial charge in [0.15, 0.2) is 5.82 Å². The molecule has 0 unspecified atom stereocenters. The van der Waals surface area contributed by atoms with Crippen molar-refractivity contribution in [2.24, 2.45) is 0 Å². The Labute approximate surface area is 273 Å². The zero-order chi connectivity index (χ0) is 31.2. The van der Waals surface area contributed by atoms with Crippen LogP contribution in [0.4, 0.5) is 0 Å². The SMILES string of the molecule is c1ccc(-c2cc(-c3ccccc3)cc(-c3cc(-c4ccc5c(c4)Oc4cccc6cccc-5c46)nc(-c4ccccc4)n3)c2)cc1. The quantitative estimate of drug-likeness (QED) is 0.197. The monoisotopic (exact) mass is 600 g/mol. The minimum Gasteiger partial charge on any atom is -0.456 e. The summed E-state index contributed by atoms with van der Waals surface area (Å²) >= 11 is 0. The predicted octanol–water partition coefficient (Wildman–Crippen LogP) is 11.7. The van der Waals surface area contributed by atoms with E-state index in [0.29, 0.717) is 5.82 Å². The van der Waals surface area contributed by atoms with Crippen LogP contribution in [0.15, 0.2) is 170 Å². The smallest absolute Gasteiger partial charge is 0.160 e. The molecule has 1 aromatic heterocycles. The van der Waals surface area contributed by atoms with Crippen molar-refractivity contribution in [1.82, 2.24) is 9.97 Å². The van der Waals surface area contributed by atoms with E-state index >= 15 is 0 Å². The molecule has 1 aliphatic heterocycles. The van der Waals surface area contributed by atoms with Gasteiger partial charge in [0.25, 0.3) is 0 Å². The van der Waals surface area contributed by atoms with E-state index in [1.165, 1.54) is 10.9 Å². The number of ether oxygens (including phenoxy) is 1. The second kappa shape index (κ2) is 11.2. The third-order valence-electron chi connectivity index (χ3n) is 8.86. The first-order chi connectivity index (χ1) is 23.3. The van der Waals surface area contributed by atoms with Crippen LogP contribution in [0.3, 0.4) is 0 Å². The minimum atomic E-state index is 0.679. The van der Waals surface area contributed by atoms with E-state index < -0.39 is 0 Å². The first-order valence-electron chi connectivity index (χ1n) is 15.8. The maximum absolute atomic E-state index is 6.53. The number of nitrogens with zero attached hydrogens (tertiary/aromatic N) is 2. The second-order valence-corrected chi connectivity index (χ2v) is 11.8. The van der Waals surface area contributed by atoms with E-state index in [-0.39, 0.29) is 0 Å². The van der Waals surface area contributed by atoms with Gasteiger partial charge in [0.2, 0.25) is 0 Å². The van der Waals surface area contributed by atoms with Gasteiger partial charge in [-0.15, -0.1) is 0 Å². The third kappa shape index (κ3) is 4.95. The predicted molar refractivity (Wildman–Crippen MR) is 192 cm³/mol. The second-order valence-electron chi connectivity index (χ2n) is 11.8. The van der Waals surface area contributed by atoms with Crippen LogP contribution in [-0.2, 0) is 0 Å². The minimum absolute atomic E-state index is 0.679. The van der Waals surface area contributed by atoms with Gasteiger partial charge in [-0.3, -0.25) is 0 Å². The maximum atomic E-state index is 6.53. The normalized spacial score (nSPS) is 11.6. The van der Waals surface area contributed by atoms with Crippen LogP contribution < -0.4 is 4.74 Å². The van der Waals surface area contributed by atoms with Crippen molar-refractivity contribution in [1.29, 1.82) is 0 Å². The maximum Gasteiger partial charge on any atom is 0.160 e. The molecule has 7 aromatic carbocycles. The van der Waals surface area contributed by atoms with Crippen molar-refractivity contribution >= 4 is 10.8 Å². The Morgan fingerprint density at radius 3 is 1.57 bits per heavy atom. The van der Waals surface area contributed by atoms with Gasteiger partial charge in [-0.05, 0) is 75.7 Å². The van der Waals surface area contributed by atoms with Crippen LogP contribution in [0.5, 0.6) is 11.5 Å². The van der Waals surface area contributed by atoms with Crippen molar-refractivity contribution in [2.75, 3.05) is 0 Å². The summed E-state index contributed by atoms with van der Waals surface area (Å²) in [6.07, 6.45) is 0. The molecule has 0 aliphatic carbocycles. The highest BCUT2D eigenvalue weighted by atomic mass is 16.5. The van der Waals surface area contributed by atoms with Crippen molar-refractivity contribution < 1.29 is 4.74 Å². The lowest BCUT2D eigenvalue weighted by atomic mass is 9.93. The van der Waals surface area contributed by atoms with Crippen molar-refractivity contribution in [3.05, 3.63) is 170 Å². The number of fused-ring (bicyclic) bond motifs is 2. The number of benzene rings is 7. The molecule has 0 amide bonds. The van der Waals surface area contributed by atoms with Gasteiger partial charge in [-0.2, -0.15) is 0 Å². The third-order valence-corrected chi connectivity index (χ3v) is 8.86. The zero-order valence-corrected chi connectivity index (χ0v) is 25.5. The summed E-state index contributed by atoms with van der Waals surface area (Å²) in [5.41, 5.74) is 11.5. The lowest BCUT2D eigenvalue weighted by molar-refractivity contribution is 0.487. The molecule has 0 atom stereocenters. The average Bonchev–Trinajstić information content (AvgIpc) is 3.15. The molecule has 2 heterocycles. The Kier molecular flexibility index (Phi) is 6.46. The van der Waals surface area contributed by atoms with Crippen LogP contribution in [0.2, 0.25) is 0 Å². The zero-order valence-electron chi connectivity index (χ0n) is 25.5. The van der Waals surface area contributed by atoms with E-state index in [9.17, 15) is 0 Å². The first kappa shape index (κ1) is 27.0. The first-order valence-corrected chi connectivity index (χ1v) is 15.8. The molecule has 220 valence electrons. The molecular formula is C44H28N2O. The fourth-order valence-electron chi connectivity index (χ4n) is 6.55. The van der Waals surface area contributed by atoms with Gasteiger partial charge < -0.3 is 4.74 Å². The van der Waals surface area contributed by atoms with Gasteiger partial charge in [-0.1, -0.05) is 127 Å². The van der Waals surface area contributed by atoms with Gasteiger partial charge in [0, 0.05) is 27.6 Å². The standard InChI is InChI=1S/C44H28N2O/c1-4-12-29(13-5-1)34-24-35(30-14-6-2-7-15-30)26-36(25-34)40-28-39(45-44(46-40)32-16-8-3-9-17-32)33-22-23-37-38-20-10-18-31-19-11-21-41(43(31)38)47-42(37)27-33/h1-28H. The Morgan fingerprint density at radius 1 is 0.340 bits per heavy atom. The Balaban J connectivity index is 1.23. The van der Waals surface area contributed by atoms with Crippen LogP contribution in [0.1, 0.15) is 0 Å². The summed E-state index contributed by atoms with van der Waals surface area (Å²) in [6, 6.07) is 59.1. The number of aromatic nitrogens is 2. The van der Waals surface area contributed by atoms with E-state index in [1.54, 1.807) is 0 Å². The van der Waals surface area contributed by atoms with Crippen LogP contribution >= 0.6 is 0 Å². The number of hydrogen-bond acceptors (Lipinski definition) is 3. The van der Waals surface area contributed by atoms with Crippen molar-refractivity contribution in [3.63, 3.8) is 0 Å². The molecule has 1 aliphatic rings. The molecule has 9 rings (SSSR count). The molecule has 0 fully saturated rings. The van der Waals surface area contributed by atoms with Crippen LogP contribution in [-0.4, -0.2) is 9.97 Å². The molecule has 8 aromatic rings. The topological polar surface area (TPSA) is 35.0 Å². The molecular weight excluding hydrogens is 572 g/mol. The summed E-state index contributed by atoms with van der Waals surface area (Å²) in [5.74, 6) is 2.38. The lowest BCUT2D eigenvalue weighted by Crippen LogP contribution is -1.99. The highest BCUT2D eigenvalue weighted by Gasteiger charge is 2.21. The Bertz CT molecular complexity index is 2360. The molecule has 3 heteroatoms. The molecule has 0 radical (unpaired) electrons. The fourth-order valence-corrected chi connectivity index (χ4v) is 6.55. The van der Waals surface area contributed by atoms with E-state index in [0.717, 1.165) is 72.8 Å². The van der Waals surface area contributed by atoms with Crippen LogP contribution in [0.25, 0.3) is 78.1 Å². The summed E-state index contributed by atoms with van der Waals surface area (Å²) < 4.78 is 6.53. The van der Waals surface area contributed by atoms with Crippen LogP contribution in [0, 0.1) is 0 Å². The van der Waals surface area contributed by atoms with E-state index in [4.69, 9.17) is 14.7 Å². The molecule has 0 N–H and O–H groups in total. The lowest BCUT2D eigenvalue weighted by Gasteiger charge is -2.22. The van der Waals surface area contributed by atoms with E-state index in [1.807, 2.05) is 30.3 Å². The average molecular weight is 601 g/mol. The number of hydrogen-bond donors (Lipinski definition) is 0. The summed E-state index contributed by atoms with van der Waals surface area (Å²) in [6.45, 7) is 0.